The lowest BCUT2D eigenvalue weighted by molar-refractivity contribution is 0.354. The van der Waals surface area contributed by atoms with Crippen LogP contribution in [-0.2, 0) is 6.54 Å². The Kier molecular flexibility index (Phi) is 3.18. The van der Waals surface area contributed by atoms with E-state index >= 15 is 0 Å². The van der Waals surface area contributed by atoms with Crippen molar-refractivity contribution >= 4 is 0 Å². The third-order valence-corrected chi connectivity index (χ3v) is 2.46. The molecule has 2 aromatic rings. The Morgan fingerprint density at radius 1 is 1.18 bits per heavy atom. The molecule has 0 bridgehead atoms. The summed E-state index contributed by atoms with van der Waals surface area (Å²) in [7, 11) is 3.19. The van der Waals surface area contributed by atoms with Gasteiger partial charge >= 0.3 is 0 Å². The molecule has 0 aliphatic rings. The van der Waals surface area contributed by atoms with Gasteiger partial charge in [-0.1, -0.05) is 6.07 Å². The molecular formula is C12H14N2O3. The predicted octanol–water partition coefficient (Wildman–Crippen LogP) is 1.24. The summed E-state index contributed by atoms with van der Waals surface area (Å²) < 4.78 is 12.1. The number of H-pyrrole nitrogens is 1. The zero-order valence-electron chi connectivity index (χ0n) is 9.77. The van der Waals surface area contributed by atoms with Gasteiger partial charge in [0.1, 0.15) is 0 Å². The fourth-order valence-corrected chi connectivity index (χ4v) is 1.64. The smallest absolute Gasteiger partial charge is 0.264 e. The molecule has 0 fully saturated rings. The van der Waals surface area contributed by atoms with Crippen molar-refractivity contribution in [1.29, 1.82) is 0 Å². The third-order valence-electron chi connectivity index (χ3n) is 2.46. The topological polar surface area (TPSA) is 56.2 Å². The van der Waals surface area contributed by atoms with Crippen molar-refractivity contribution in [2.24, 2.45) is 0 Å². The molecule has 5 nitrogen and oxygen atoms in total. The van der Waals surface area contributed by atoms with Crippen LogP contribution < -0.4 is 15.0 Å². The van der Waals surface area contributed by atoms with Crippen molar-refractivity contribution in [3.05, 3.63) is 46.4 Å². The summed E-state index contributed by atoms with van der Waals surface area (Å²) in [5.74, 6) is 1.37. The lowest BCUT2D eigenvalue weighted by Gasteiger charge is -2.09. The minimum absolute atomic E-state index is 0.106. The van der Waals surface area contributed by atoms with Gasteiger partial charge in [-0.05, 0) is 17.7 Å². The van der Waals surface area contributed by atoms with E-state index in [0.29, 0.717) is 18.0 Å². The number of methoxy groups -OCH3 is 2. The average molecular weight is 234 g/mol. The SMILES string of the molecule is COc1ccc(Cn2ccc(=O)[nH]2)cc1OC. The molecule has 0 aliphatic carbocycles. The number of hydrogen-bond acceptors (Lipinski definition) is 3. The van der Waals surface area contributed by atoms with Crippen LogP contribution in [0.3, 0.4) is 0 Å². The highest BCUT2D eigenvalue weighted by molar-refractivity contribution is 5.42. The first kappa shape index (κ1) is 11.3. The van der Waals surface area contributed by atoms with Crippen LogP contribution in [0.25, 0.3) is 0 Å². The number of nitrogens with zero attached hydrogens (tertiary/aromatic N) is 1. The normalized spacial score (nSPS) is 10.2. The summed E-state index contributed by atoms with van der Waals surface area (Å²) in [5.41, 5.74) is 0.917. The molecule has 0 radical (unpaired) electrons. The standard InChI is InChI=1S/C12H14N2O3/c1-16-10-4-3-9(7-11(10)17-2)8-14-6-5-12(15)13-14/h3-7H,8H2,1-2H3,(H,13,15). The van der Waals surface area contributed by atoms with Crippen molar-refractivity contribution in [2.45, 2.75) is 6.54 Å². The molecule has 2 rings (SSSR count). The van der Waals surface area contributed by atoms with Crippen LogP contribution in [0, 0.1) is 0 Å². The Hall–Kier alpha value is -2.17. The van der Waals surface area contributed by atoms with Gasteiger partial charge in [-0.2, -0.15) is 0 Å². The summed E-state index contributed by atoms with van der Waals surface area (Å²) in [6.45, 7) is 0.586. The second kappa shape index (κ2) is 4.78. The van der Waals surface area contributed by atoms with E-state index in [4.69, 9.17) is 9.47 Å². The van der Waals surface area contributed by atoms with Gasteiger partial charge in [0.05, 0.1) is 20.8 Å². The van der Waals surface area contributed by atoms with Crippen LogP contribution in [0.4, 0.5) is 0 Å². The molecule has 0 spiro atoms. The summed E-state index contributed by atoms with van der Waals surface area (Å²) in [4.78, 5) is 11.0. The second-order valence-corrected chi connectivity index (χ2v) is 3.61. The van der Waals surface area contributed by atoms with Crippen LogP contribution in [0.15, 0.2) is 35.3 Å². The van der Waals surface area contributed by atoms with E-state index in [-0.39, 0.29) is 5.56 Å². The molecular weight excluding hydrogens is 220 g/mol. The maximum Gasteiger partial charge on any atom is 0.264 e. The number of hydrogen-bond donors (Lipinski definition) is 1. The quantitative estimate of drug-likeness (QED) is 0.866. The molecule has 0 unspecified atom stereocenters. The zero-order chi connectivity index (χ0) is 12.3. The van der Waals surface area contributed by atoms with Crippen molar-refractivity contribution in [3.63, 3.8) is 0 Å². The Labute approximate surface area is 98.6 Å². The van der Waals surface area contributed by atoms with Crippen LogP contribution in [-0.4, -0.2) is 24.0 Å². The molecule has 0 aliphatic heterocycles. The van der Waals surface area contributed by atoms with E-state index in [1.165, 1.54) is 6.07 Å². The van der Waals surface area contributed by atoms with E-state index in [9.17, 15) is 4.79 Å². The minimum Gasteiger partial charge on any atom is -0.493 e. The van der Waals surface area contributed by atoms with E-state index in [1.54, 1.807) is 25.1 Å². The molecule has 90 valence electrons. The lowest BCUT2D eigenvalue weighted by atomic mass is 10.2. The fourth-order valence-electron chi connectivity index (χ4n) is 1.64. The van der Waals surface area contributed by atoms with Gasteiger partial charge in [-0.3, -0.25) is 14.6 Å². The fraction of sp³-hybridized carbons (Fsp3) is 0.250. The highest BCUT2D eigenvalue weighted by Crippen LogP contribution is 2.27. The van der Waals surface area contributed by atoms with Crippen molar-refractivity contribution in [1.82, 2.24) is 9.78 Å². The van der Waals surface area contributed by atoms with Crippen molar-refractivity contribution in [3.8, 4) is 11.5 Å². The maximum absolute atomic E-state index is 11.0. The Balaban J connectivity index is 2.25. The lowest BCUT2D eigenvalue weighted by Crippen LogP contribution is -2.06. The average Bonchev–Trinajstić information content (AvgIpc) is 2.74. The highest BCUT2D eigenvalue weighted by atomic mass is 16.5. The van der Waals surface area contributed by atoms with Gasteiger partial charge in [0.15, 0.2) is 11.5 Å². The maximum atomic E-state index is 11.0. The highest BCUT2D eigenvalue weighted by Gasteiger charge is 2.04. The summed E-state index contributed by atoms with van der Waals surface area (Å²) in [5, 5.41) is 2.68. The minimum atomic E-state index is -0.106. The van der Waals surface area contributed by atoms with E-state index in [2.05, 4.69) is 5.10 Å². The van der Waals surface area contributed by atoms with Gasteiger partial charge in [0.2, 0.25) is 0 Å². The number of rotatable bonds is 4. The summed E-state index contributed by atoms with van der Waals surface area (Å²) in [6, 6.07) is 7.15. The predicted molar refractivity (Wildman–Crippen MR) is 63.7 cm³/mol. The van der Waals surface area contributed by atoms with E-state index in [1.807, 2.05) is 18.2 Å². The number of aromatic nitrogens is 2. The molecule has 1 N–H and O–H groups in total. The van der Waals surface area contributed by atoms with Gasteiger partial charge in [0.25, 0.3) is 5.56 Å². The van der Waals surface area contributed by atoms with E-state index < -0.39 is 0 Å². The zero-order valence-corrected chi connectivity index (χ0v) is 9.77. The Bertz CT molecular complexity index is 557. The van der Waals surface area contributed by atoms with Crippen molar-refractivity contribution in [2.75, 3.05) is 14.2 Å². The molecule has 0 saturated heterocycles. The molecule has 1 aromatic heterocycles. The summed E-state index contributed by atoms with van der Waals surface area (Å²) in [6.07, 6.45) is 1.71. The third kappa shape index (κ3) is 2.50. The van der Waals surface area contributed by atoms with Crippen LogP contribution in [0.2, 0.25) is 0 Å². The molecule has 1 heterocycles. The Morgan fingerprint density at radius 3 is 2.53 bits per heavy atom. The van der Waals surface area contributed by atoms with Crippen LogP contribution in [0.1, 0.15) is 5.56 Å². The number of nitrogens with one attached hydrogen (secondary N) is 1. The van der Waals surface area contributed by atoms with Crippen molar-refractivity contribution < 1.29 is 9.47 Å². The van der Waals surface area contributed by atoms with Crippen LogP contribution >= 0.6 is 0 Å². The van der Waals surface area contributed by atoms with E-state index in [0.717, 1.165) is 5.56 Å². The second-order valence-electron chi connectivity index (χ2n) is 3.61. The number of ether oxygens (including phenoxy) is 2. The molecule has 5 heteroatoms. The Morgan fingerprint density at radius 2 is 1.94 bits per heavy atom. The van der Waals surface area contributed by atoms with Crippen LogP contribution in [0.5, 0.6) is 11.5 Å². The largest absolute Gasteiger partial charge is 0.493 e. The molecule has 1 aromatic carbocycles. The van der Waals surface area contributed by atoms with Gasteiger partial charge < -0.3 is 9.47 Å². The van der Waals surface area contributed by atoms with Gasteiger partial charge in [-0.15, -0.1) is 0 Å². The molecule has 0 atom stereocenters. The monoisotopic (exact) mass is 234 g/mol. The molecule has 17 heavy (non-hydrogen) atoms. The first-order valence-electron chi connectivity index (χ1n) is 5.19. The molecule has 0 saturated carbocycles. The van der Waals surface area contributed by atoms with Gasteiger partial charge in [-0.25, -0.2) is 0 Å². The molecule has 0 amide bonds. The van der Waals surface area contributed by atoms with Gasteiger partial charge in [0, 0.05) is 12.3 Å². The summed E-state index contributed by atoms with van der Waals surface area (Å²) >= 11 is 0. The first-order valence-corrected chi connectivity index (χ1v) is 5.19. The first-order chi connectivity index (χ1) is 8.22. The number of benzene rings is 1. The number of aromatic amines is 1.